The van der Waals surface area contributed by atoms with Crippen molar-refractivity contribution in [1.29, 1.82) is 0 Å². The molecule has 1 aromatic carbocycles. The molecule has 0 aliphatic heterocycles. The number of hydrogen-bond donors (Lipinski definition) is 1. The van der Waals surface area contributed by atoms with Gasteiger partial charge < -0.3 is 5.32 Å². The highest BCUT2D eigenvalue weighted by Gasteiger charge is 2.24. The molecule has 1 atom stereocenters. The van der Waals surface area contributed by atoms with E-state index in [1.54, 1.807) is 5.38 Å². The molecule has 2 rings (SSSR count). The number of aryl methyl sites for hydroxylation is 1. The van der Waals surface area contributed by atoms with Gasteiger partial charge >= 0.3 is 4.87 Å². The third-order valence-electron chi connectivity index (χ3n) is 4.06. The van der Waals surface area contributed by atoms with Crippen molar-refractivity contribution in [3.05, 3.63) is 56.6 Å². The molecule has 0 fully saturated rings. The summed E-state index contributed by atoms with van der Waals surface area (Å²) in [6.07, 6.45) is 0.834. The summed E-state index contributed by atoms with van der Waals surface area (Å²) < 4.78 is 1.51. The first-order valence-corrected chi connectivity index (χ1v) is 8.67. The molecule has 23 heavy (non-hydrogen) atoms. The van der Waals surface area contributed by atoms with Crippen LogP contribution in [0, 0.1) is 6.92 Å². The van der Waals surface area contributed by atoms with E-state index in [0.29, 0.717) is 0 Å². The van der Waals surface area contributed by atoms with E-state index < -0.39 is 0 Å². The predicted octanol–water partition coefficient (Wildman–Crippen LogP) is 3.09. The molecule has 124 valence electrons. The number of amides is 1. The first kappa shape index (κ1) is 17.5. The Bertz CT molecular complexity index is 716. The fourth-order valence-electron chi connectivity index (χ4n) is 2.88. The monoisotopic (exact) mass is 332 g/mol. The van der Waals surface area contributed by atoms with E-state index in [4.69, 9.17) is 0 Å². The molecule has 0 saturated heterocycles. The van der Waals surface area contributed by atoms with Gasteiger partial charge in [0.2, 0.25) is 5.91 Å². The molecule has 0 radical (unpaired) electrons. The highest BCUT2D eigenvalue weighted by Crippen LogP contribution is 2.28. The van der Waals surface area contributed by atoms with E-state index in [1.807, 2.05) is 32.0 Å². The third-order valence-corrected chi connectivity index (χ3v) is 4.94. The molecular weight excluding hydrogens is 308 g/mol. The van der Waals surface area contributed by atoms with Gasteiger partial charge in [-0.25, -0.2) is 0 Å². The second kappa shape index (κ2) is 7.13. The van der Waals surface area contributed by atoms with Gasteiger partial charge in [-0.2, -0.15) is 0 Å². The van der Waals surface area contributed by atoms with Gasteiger partial charge in [0.1, 0.15) is 6.54 Å². The van der Waals surface area contributed by atoms with Crippen LogP contribution < -0.4 is 10.2 Å². The molecule has 1 N–H and O–H groups in total. The van der Waals surface area contributed by atoms with Crippen LogP contribution in [0.15, 0.2) is 40.5 Å². The first-order valence-electron chi connectivity index (χ1n) is 7.79. The molecule has 1 aromatic heterocycles. The van der Waals surface area contributed by atoms with Gasteiger partial charge in [-0.15, -0.1) is 0 Å². The van der Waals surface area contributed by atoms with Gasteiger partial charge in [-0.3, -0.25) is 14.2 Å². The highest BCUT2D eigenvalue weighted by molar-refractivity contribution is 7.07. The number of nitrogens with zero attached hydrogens (tertiary/aromatic N) is 1. The zero-order valence-electron chi connectivity index (χ0n) is 14.1. The van der Waals surface area contributed by atoms with Crippen molar-refractivity contribution in [1.82, 2.24) is 9.88 Å². The average Bonchev–Trinajstić information content (AvgIpc) is 2.79. The van der Waals surface area contributed by atoms with Crippen LogP contribution in [0.2, 0.25) is 0 Å². The summed E-state index contributed by atoms with van der Waals surface area (Å²) in [4.78, 5) is 23.8. The zero-order valence-corrected chi connectivity index (χ0v) is 14.9. The molecule has 1 amide bonds. The van der Waals surface area contributed by atoms with Gasteiger partial charge in [0.05, 0.1) is 0 Å². The summed E-state index contributed by atoms with van der Waals surface area (Å²) in [5, 5.41) is 4.78. The van der Waals surface area contributed by atoms with Gasteiger partial charge in [0.25, 0.3) is 0 Å². The van der Waals surface area contributed by atoms with E-state index in [-0.39, 0.29) is 28.8 Å². The van der Waals surface area contributed by atoms with E-state index in [0.717, 1.165) is 23.5 Å². The number of hydrogen-bond acceptors (Lipinski definition) is 3. The van der Waals surface area contributed by atoms with Crippen LogP contribution in [-0.4, -0.2) is 16.5 Å². The molecule has 0 aliphatic rings. The van der Waals surface area contributed by atoms with E-state index in [2.05, 4.69) is 31.3 Å². The number of nitrogens with one attached hydrogen (secondary N) is 1. The summed E-state index contributed by atoms with van der Waals surface area (Å²) in [5.41, 5.74) is 2.06. The summed E-state index contributed by atoms with van der Waals surface area (Å²) in [6, 6.07) is 10.3. The van der Waals surface area contributed by atoms with Crippen molar-refractivity contribution in [3.63, 3.8) is 0 Å². The first-order chi connectivity index (χ1) is 10.8. The second-order valence-corrected chi connectivity index (χ2v) is 7.47. The molecule has 0 aliphatic carbocycles. The van der Waals surface area contributed by atoms with Crippen molar-refractivity contribution in [2.45, 2.75) is 52.1 Å². The molecule has 0 spiro atoms. The Morgan fingerprint density at radius 2 is 1.96 bits per heavy atom. The predicted molar refractivity (Wildman–Crippen MR) is 95.0 cm³/mol. The fourth-order valence-corrected chi connectivity index (χ4v) is 3.62. The van der Waals surface area contributed by atoms with Crippen molar-refractivity contribution in [3.8, 4) is 0 Å². The van der Waals surface area contributed by atoms with Gasteiger partial charge in [0, 0.05) is 17.1 Å². The maximum Gasteiger partial charge on any atom is 0.307 e. The number of aromatic nitrogens is 1. The minimum atomic E-state index is -0.120. The third kappa shape index (κ3) is 4.55. The van der Waals surface area contributed by atoms with Gasteiger partial charge in [-0.05, 0) is 31.2 Å². The molecule has 0 bridgehead atoms. The lowest BCUT2D eigenvalue weighted by Crippen LogP contribution is -2.40. The van der Waals surface area contributed by atoms with Crippen molar-refractivity contribution < 1.29 is 4.79 Å². The summed E-state index contributed by atoms with van der Waals surface area (Å²) in [7, 11) is 0. The minimum absolute atomic E-state index is 0.0247. The topological polar surface area (TPSA) is 51.1 Å². The van der Waals surface area contributed by atoms with Crippen molar-refractivity contribution >= 4 is 17.2 Å². The molecule has 1 unspecified atom stereocenters. The largest absolute Gasteiger partial charge is 0.352 e. The SMILES string of the molecule is Cc1csc(=O)n1CC(=O)NC(C)CC(C)(C)c1ccccc1. The molecule has 4 nitrogen and oxygen atoms in total. The standard InChI is InChI=1S/C18H24N2O2S/c1-13(10-18(3,4)15-8-6-5-7-9-15)19-16(21)11-20-14(2)12-23-17(20)22/h5-9,12-13H,10-11H2,1-4H3,(H,19,21). The molecule has 1 heterocycles. The lowest BCUT2D eigenvalue weighted by Gasteiger charge is -2.29. The number of benzene rings is 1. The van der Waals surface area contributed by atoms with E-state index >= 15 is 0 Å². The number of rotatable bonds is 6. The Kier molecular flexibility index (Phi) is 5.42. The maximum atomic E-state index is 12.2. The van der Waals surface area contributed by atoms with Crippen LogP contribution in [0.5, 0.6) is 0 Å². The fraction of sp³-hybridized carbons (Fsp3) is 0.444. The van der Waals surface area contributed by atoms with Crippen LogP contribution in [-0.2, 0) is 16.8 Å². The van der Waals surface area contributed by atoms with Gasteiger partial charge in [-0.1, -0.05) is 55.5 Å². The lowest BCUT2D eigenvalue weighted by atomic mass is 9.79. The molecule has 2 aromatic rings. The molecule has 5 heteroatoms. The number of thiazole rings is 1. The quantitative estimate of drug-likeness (QED) is 0.884. The van der Waals surface area contributed by atoms with Crippen molar-refractivity contribution in [2.75, 3.05) is 0 Å². The summed E-state index contributed by atoms with van der Waals surface area (Å²) in [6.45, 7) is 8.29. The van der Waals surface area contributed by atoms with Crippen LogP contribution in [0.4, 0.5) is 0 Å². The zero-order chi connectivity index (χ0) is 17.0. The Hall–Kier alpha value is -1.88. The van der Waals surface area contributed by atoms with Crippen LogP contribution in [0.3, 0.4) is 0 Å². The Balaban J connectivity index is 1.95. The second-order valence-electron chi connectivity index (χ2n) is 6.65. The molecule has 0 saturated carbocycles. The van der Waals surface area contributed by atoms with Crippen molar-refractivity contribution in [2.24, 2.45) is 0 Å². The Labute approximate surface area is 141 Å². The summed E-state index contributed by atoms with van der Waals surface area (Å²) in [5.74, 6) is -0.120. The maximum absolute atomic E-state index is 12.2. The normalized spacial score (nSPS) is 12.9. The highest BCUT2D eigenvalue weighted by atomic mass is 32.1. The number of carbonyl (C=O) groups excluding carboxylic acids is 1. The minimum Gasteiger partial charge on any atom is -0.352 e. The smallest absolute Gasteiger partial charge is 0.307 e. The van der Waals surface area contributed by atoms with Crippen LogP contribution in [0.1, 0.15) is 38.4 Å². The molecular formula is C18H24N2O2S. The van der Waals surface area contributed by atoms with E-state index in [1.165, 1.54) is 10.1 Å². The lowest BCUT2D eigenvalue weighted by molar-refractivity contribution is -0.122. The Morgan fingerprint density at radius 3 is 2.52 bits per heavy atom. The average molecular weight is 332 g/mol. The van der Waals surface area contributed by atoms with Crippen LogP contribution in [0.25, 0.3) is 0 Å². The Morgan fingerprint density at radius 1 is 1.30 bits per heavy atom. The number of carbonyl (C=O) groups is 1. The van der Waals surface area contributed by atoms with Gasteiger partial charge in [0.15, 0.2) is 0 Å². The van der Waals surface area contributed by atoms with Crippen LogP contribution >= 0.6 is 11.3 Å². The van der Waals surface area contributed by atoms with E-state index in [9.17, 15) is 9.59 Å². The summed E-state index contributed by atoms with van der Waals surface area (Å²) >= 11 is 1.13.